The Morgan fingerprint density at radius 2 is 2.13 bits per heavy atom. The van der Waals surface area contributed by atoms with Crippen LogP contribution in [0.3, 0.4) is 0 Å². The van der Waals surface area contributed by atoms with Crippen LogP contribution in [0.2, 0.25) is 0 Å². The second kappa shape index (κ2) is 6.88. The molecule has 122 valence electrons. The van der Waals surface area contributed by atoms with Crippen LogP contribution in [0.4, 0.5) is 5.00 Å². The van der Waals surface area contributed by atoms with Crippen molar-refractivity contribution in [3.8, 4) is 5.88 Å². The van der Waals surface area contributed by atoms with E-state index in [1.165, 1.54) is 17.6 Å². The first-order valence-corrected chi connectivity index (χ1v) is 7.94. The Kier molecular flexibility index (Phi) is 5.12. The quantitative estimate of drug-likeness (QED) is 0.445. The predicted octanol–water partition coefficient (Wildman–Crippen LogP) is 2.74. The number of aliphatic imine (C=N–C) groups is 1. The van der Waals surface area contributed by atoms with E-state index < -0.39 is 11.5 Å². The van der Waals surface area contributed by atoms with Crippen molar-refractivity contribution in [3.63, 3.8) is 0 Å². The normalized spacial score (nSPS) is 11.1. The van der Waals surface area contributed by atoms with Crippen LogP contribution in [-0.4, -0.2) is 33.9 Å². The van der Waals surface area contributed by atoms with Gasteiger partial charge in [0.05, 0.1) is 12.2 Å². The molecule has 0 aromatic carbocycles. The number of esters is 1. The van der Waals surface area contributed by atoms with Crippen LogP contribution in [0.25, 0.3) is 0 Å². The van der Waals surface area contributed by atoms with Crippen molar-refractivity contribution in [1.82, 2.24) is 9.97 Å². The van der Waals surface area contributed by atoms with Gasteiger partial charge in [-0.2, -0.15) is 0 Å². The highest BCUT2D eigenvalue weighted by Crippen LogP contribution is 2.35. The molecule has 0 fully saturated rings. The molecule has 0 unspecified atom stereocenters. The zero-order valence-corrected chi connectivity index (χ0v) is 14.4. The number of ether oxygens (including phenoxy) is 1. The van der Waals surface area contributed by atoms with Gasteiger partial charge < -0.3 is 14.8 Å². The predicted molar refractivity (Wildman–Crippen MR) is 90.9 cm³/mol. The van der Waals surface area contributed by atoms with Gasteiger partial charge in [0.1, 0.15) is 10.6 Å². The maximum atomic E-state index is 12.1. The molecule has 0 atom stereocenters. The SMILES string of the molecule is CCOC(=O)c1c(/N=C/c2c(O)[nH]c(=S)[nH]c2=O)sc(C)c1C. The van der Waals surface area contributed by atoms with Crippen molar-refractivity contribution < 1.29 is 14.6 Å². The first-order chi connectivity index (χ1) is 10.8. The molecule has 7 nitrogen and oxygen atoms in total. The number of nitrogens with one attached hydrogen (secondary N) is 2. The van der Waals surface area contributed by atoms with Gasteiger partial charge in [0.2, 0.25) is 5.88 Å². The minimum atomic E-state index is -0.572. The number of carbonyl (C=O) groups is 1. The molecular weight excluding hydrogens is 338 g/mol. The third-order valence-electron chi connectivity index (χ3n) is 3.12. The molecule has 0 bridgehead atoms. The molecule has 0 amide bonds. The molecule has 0 aliphatic heterocycles. The fourth-order valence-electron chi connectivity index (χ4n) is 1.87. The third kappa shape index (κ3) is 3.57. The number of hydrogen-bond acceptors (Lipinski definition) is 7. The molecule has 9 heteroatoms. The summed E-state index contributed by atoms with van der Waals surface area (Å²) in [4.78, 5) is 33.7. The number of carbonyl (C=O) groups excluding carboxylic acids is 1. The van der Waals surface area contributed by atoms with Gasteiger partial charge in [-0.3, -0.25) is 9.78 Å². The third-order valence-corrected chi connectivity index (χ3v) is 4.44. The summed E-state index contributed by atoms with van der Waals surface area (Å²) in [5.74, 6) is -0.850. The van der Waals surface area contributed by atoms with E-state index in [2.05, 4.69) is 15.0 Å². The van der Waals surface area contributed by atoms with E-state index in [1.807, 2.05) is 6.92 Å². The summed E-state index contributed by atoms with van der Waals surface area (Å²) >= 11 is 6.06. The standard InChI is InChI=1S/C14H15N3O4S2/c1-4-21-13(20)9-6(2)7(3)23-12(9)15-5-8-10(18)16-14(22)17-11(8)19/h5H,4H2,1-3H3,(H3,16,17,18,19,22)/b15-5+. The molecule has 2 heterocycles. The molecule has 23 heavy (non-hydrogen) atoms. The average molecular weight is 353 g/mol. The van der Waals surface area contributed by atoms with Crippen LogP contribution in [0.15, 0.2) is 9.79 Å². The summed E-state index contributed by atoms with van der Waals surface area (Å²) in [6, 6.07) is 0. The van der Waals surface area contributed by atoms with E-state index >= 15 is 0 Å². The lowest BCUT2D eigenvalue weighted by Crippen LogP contribution is -2.13. The Morgan fingerprint density at radius 1 is 1.43 bits per heavy atom. The van der Waals surface area contributed by atoms with Crippen molar-refractivity contribution in [3.05, 3.63) is 36.7 Å². The first kappa shape index (κ1) is 17.1. The van der Waals surface area contributed by atoms with Gasteiger partial charge in [-0.05, 0) is 38.6 Å². The number of H-pyrrole nitrogens is 2. The number of rotatable bonds is 4. The Labute approximate surface area is 140 Å². The molecule has 2 aromatic heterocycles. The summed E-state index contributed by atoms with van der Waals surface area (Å²) < 4.78 is 5.05. The van der Waals surface area contributed by atoms with E-state index in [1.54, 1.807) is 13.8 Å². The number of thiophene rings is 1. The second-order valence-electron chi connectivity index (χ2n) is 4.61. The smallest absolute Gasteiger partial charge is 0.341 e. The van der Waals surface area contributed by atoms with Gasteiger partial charge in [0, 0.05) is 11.1 Å². The van der Waals surface area contributed by atoms with Crippen LogP contribution in [0.5, 0.6) is 5.88 Å². The lowest BCUT2D eigenvalue weighted by Gasteiger charge is -2.02. The van der Waals surface area contributed by atoms with Crippen molar-refractivity contribution in [2.45, 2.75) is 20.8 Å². The zero-order chi connectivity index (χ0) is 17.1. The highest BCUT2D eigenvalue weighted by molar-refractivity contribution is 7.71. The average Bonchev–Trinajstić information content (AvgIpc) is 2.73. The van der Waals surface area contributed by atoms with E-state index in [4.69, 9.17) is 17.0 Å². The largest absolute Gasteiger partial charge is 0.494 e. The van der Waals surface area contributed by atoms with Gasteiger partial charge in [-0.1, -0.05) is 0 Å². The van der Waals surface area contributed by atoms with E-state index in [9.17, 15) is 14.7 Å². The summed E-state index contributed by atoms with van der Waals surface area (Å²) in [6.45, 7) is 5.65. The number of aromatic amines is 2. The van der Waals surface area contributed by atoms with Crippen molar-refractivity contribution in [1.29, 1.82) is 0 Å². The fraction of sp³-hybridized carbons (Fsp3) is 0.286. The van der Waals surface area contributed by atoms with Gasteiger partial charge in [0.15, 0.2) is 4.77 Å². The second-order valence-corrected chi connectivity index (χ2v) is 6.22. The van der Waals surface area contributed by atoms with Crippen LogP contribution in [-0.2, 0) is 4.74 Å². The van der Waals surface area contributed by atoms with E-state index in [0.29, 0.717) is 10.6 Å². The van der Waals surface area contributed by atoms with Gasteiger partial charge in [0.25, 0.3) is 5.56 Å². The fourth-order valence-corrected chi connectivity index (χ4v) is 3.05. The van der Waals surface area contributed by atoms with Crippen LogP contribution in [0, 0.1) is 18.6 Å². The summed E-state index contributed by atoms with van der Waals surface area (Å²) in [7, 11) is 0. The van der Waals surface area contributed by atoms with E-state index in [-0.39, 0.29) is 22.8 Å². The molecule has 0 radical (unpaired) electrons. The Hall–Kier alpha value is -2.26. The summed E-state index contributed by atoms with van der Waals surface area (Å²) in [5.41, 5.74) is 0.506. The number of aryl methyl sites for hydroxylation is 1. The highest BCUT2D eigenvalue weighted by Gasteiger charge is 2.20. The molecule has 2 rings (SSSR count). The molecular formula is C14H15N3O4S2. The molecule has 0 saturated heterocycles. The molecule has 0 spiro atoms. The molecule has 3 N–H and O–H groups in total. The van der Waals surface area contributed by atoms with Gasteiger partial charge in [-0.25, -0.2) is 9.79 Å². The van der Waals surface area contributed by atoms with Crippen molar-refractivity contribution >= 4 is 40.7 Å². The van der Waals surface area contributed by atoms with Crippen LogP contribution in [0.1, 0.15) is 33.3 Å². The minimum Gasteiger partial charge on any atom is -0.494 e. The first-order valence-electron chi connectivity index (χ1n) is 6.71. The number of hydrogen-bond donors (Lipinski definition) is 3. The maximum Gasteiger partial charge on any atom is 0.341 e. The minimum absolute atomic E-state index is 0.0136. The van der Waals surface area contributed by atoms with Gasteiger partial charge in [-0.15, -0.1) is 11.3 Å². The van der Waals surface area contributed by atoms with Crippen LogP contribution < -0.4 is 5.56 Å². The molecule has 0 saturated carbocycles. The van der Waals surface area contributed by atoms with Crippen molar-refractivity contribution in [2.75, 3.05) is 6.61 Å². The van der Waals surface area contributed by atoms with Crippen molar-refractivity contribution in [2.24, 2.45) is 4.99 Å². The topological polar surface area (TPSA) is 108 Å². The lowest BCUT2D eigenvalue weighted by molar-refractivity contribution is 0.0527. The summed E-state index contributed by atoms with van der Waals surface area (Å²) in [5, 5.41) is 10.2. The van der Waals surface area contributed by atoms with Crippen LogP contribution >= 0.6 is 23.6 Å². The molecule has 0 aliphatic carbocycles. The maximum absolute atomic E-state index is 12.1. The number of aromatic nitrogens is 2. The lowest BCUT2D eigenvalue weighted by atomic mass is 10.1. The number of nitrogens with zero attached hydrogens (tertiary/aromatic N) is 1. The van der Waals surface area contributed by atoms with Gasteiger partial charge >= 0.3 is 5.97 Å². The van der Waals surface area contributed by atoms with E-state index in [0.717, 1.165) is 10.4 Å². The monoisotopic (exact) mass is 353 g/mol. The molecule has 2 aromatic rings. The molecule has 0 aliphatic rings. The Balaban J connectivity index is 2.49. The Morgan fingerprint density at radius 3 is 2.74 bits per heavy atom. The summed E-state index contributed by atoms with van der Waals surface area (Å²) in [6.07, 6.45) is 1.19. The highest BCUT2D eigenvalue weighted by atomic mass is 32.1. The Bertz CT molecular complexity index is 892. The number of aromatic hydroxyl groups is 1. The zero-order valence-electron chi connectivity index (χ0n) is 12.7.